The number of Topliss-reactive ketones (excluding diaryl/α,β-unsaturated/α-hetero) is 1. The fourth-order valence-electron chi connectivity index (χ4n) is 3.92. The maximum absolute atomic E-state index is 12.6. The predicted molar refractivity (Wildman–Crippen MR) is 105 cm³/mol. The Hall–Kier alpha value is -3.35. The number of primary amides is 1. The lowest BCUT2D eigenvalue weighted by Crippen LogP contribution is -2.27. The van der Waals surface area contributed by atoms with Crippen LogP contribution in [0.4, 0.5) is 11.5 Å². The standard InChI is InChI=1S/C21H22N4O3/c1-12-8-15-17(10-21(2,3)11-18(15)26)25(12)13-4-5-14(20(22)27)16(9-13)23-19-6-7-28-24-19/h4-9H,10-11H2,1-3H3,(H2,22,27)(H,23,24). The summed E-state index contributed by atoms with van der Waals surface area (Å²) in [4.78, 5) is 24.5. The first-order chi connectivity index (χ1) is 13.2. The maximum atomic E-state index is 12.6. The van der Waals surface area contributed by atoms with Crippen molar-refractivity contribution in [1.29, 1.82) is 0 Å². The quantitative estimate of drug-likeness (QED) is 0.719. The molecule has 28 heavy (non-hydrogen) atoms. The van der Waals surface area contributed by atoms with Crippen molar-refractivity contribution < 1.29 is 14.1 Å². The third-order valence-electron chi connectivity index (χ3n) is 5.10. The Balaban J connectivity index is 1.85. The van der Waals surface area contributed by atoms with E-state index in [1.165, 1.54) is 6.26 Å². The molecule has 1 amide bonds. The van der Waals surface area contributed by atoms with Gasteiger partial charge in [0.05, 0.1) is 11.3 Å². The molecule has 2 aromatic heterocycles. The third-order valence-corrected chi connectivity index (χ3v) is 5.10. The first-order valence-electron chi connectivity index (χ1n) is 9.11. The zero-order valence-corrected chi connectivity index (χ0v) is 16.1. The van der Waals surface area contributed by atoms with Crippen LogP contribution >= 0.6 is 0 Å². The van der Waals surface area contributed by atoms with Gasteiger partial charge in [-0.15, -0.1) is 0 Å². The highest BCUT2D eigenvalue weighted by atomic mass is 16.5. The zero-order chi connectivity index (χ0) is 20.1. The van der Waals surface area contributed by atoms with Gasteiger partial charge in [-0.2, -0.15) is 0 Å². The van der Waals surface area contributed by atoms with Gasteiger partial charge in [-0.1, -0.05) is 19.0 Å². The van der Waals surface area contributed by atoms with Crippen LogP contribution in [0.1, 0.15) is 52.4 Å². The normalized spacial score (nSPS) is 15.3. The molecule has 7 nitrogen and oxygen atoms in total. The van der Waals surface area contributed by atoms with E-state index in [0.717, 1.165) is 29.1 Å². The van der Waals surface area contributed by atoms with Gasteiger partial charge in [0.2, 0.25) is 0 Å². The summed E-state index contributed by atoms with van der Waals surface area (Å²) < 4.78 is 6.92. The number of aryl methyl sites for hydroxylation is 1. The monoisotopic (exact) mass is 378 g/mol. The Kier molecular flexibility index (Phi) is 4.10. The van der Waals surface area contributed by atoms with Gasteiger partial charge in [-0.25, -0.2) is 0 Å². The minimum atomic E-state index is -0.542. The van der Waals surface area contributed by atoms with Gasteiger partial charge in [0.15, 0.2) is 11.6 Å². The van der Waals surface area contributed by atoms with Crippen LogP contribution in [-0.2, 0) is 6.42 Å². The molecule has 1 aliphatic rings. The number of carbonyl (C=O) groups is 2. The lowest BCUT2D eigenvalue weighted by molar-refractivity contribution is 0.0910. The van der Waals surface area contributed by atoms with E-state index in [2.05, 4.69) is 28.9 Å². The van der Waals surface area contributed by atoms with E-state index in [9.17, 15) is 9.59 Å². The van der Waals surface area contributed by atoms with Crippen LogP contribution in [-0.4, -0.2) is 21.4 Å². The second-order valence-corrected chi connectivity index (χ2v) is 8.03. The number of fused-ring (bicyclic) bond motifs is 1. The summed E-state index contributed by atoms with van der Waals surface area (Å²) in [6.45, 7) is 6.19. The summed E-state index contributed by atoms with van der Waals surface area (Å²) in [6.07, 6.45) is 2.78. The number of anilines is 2. The van der Waals surface area contributed by atoms with Gasteiger partial charge >= 0.3 is 0 Å². The van der Waals surface area contributed by atoms with Crippen molar-refractivity contribution >= 4 is 23.2 Å². The number of amides is 1. The molecule has 0 radical (unpaired) electrons. The minimum Gasteiger partial charge on any atom is -0.366 e. The molecule has 4 rings (SSSR count). The van der Waals surface area contributed by atoms with E-state index in [4.69, 9.17) is 10.3 Å². The largest absolute Gasteiger partial charge is 0.366 e. The first-order valence-corrected chi connectivity index (χ1v) is 9.11. The van der Waals surface area contributed by atoms with E-state index in [0.29, 0.717) is 23.5 Å². The molecule has 0 saturated heterocycles. The minimum absolute atomic E-state index is 0.0957. The number of aromatic nitrogens is 2. The smallest absolute Gasteiger partial charge is 0.250 e. The van der Waals surface area contributed by atoms with Gasteiger partial charge in [-0.05, 0) is 43.0 Å². The molecule has 2 heterocycles. The molecule has 1 aromatic carbocycles. The van der Waals surface area contributed by atoms with Crippen molar-refractivity contribution in [2.75, 3.05) is 5.32 Å². The van der Waals surface area contributed by atoms with Crippen LogP contribution in [0.25, 0.3) is 5.69 Å². The SMILES string of the molecule is Cc1cc2c(n1-c1ccc(C(N)=O)c(Nc3ccon3)c1)CC(C)(C)CC2=O. The Labute approximate surface area is 162 Å². The average Bonchev–Trinajstić information content (AvgIpc) is 3.21. The van der Waals surface area contributed by atoms with Crippen molar-refractivity contribution in [1.82, 2.24) is 9.72 Å². The topological polar surface area (TPSA) is 103 Å². The number of hydrogen-bond donors (Lipinski definition) is 2. The lowest BCUT2D eigenvalue weighted by Gasteiger charge is -2.30. The summed E-state index contributed by atoms with van der Waals surface area (Å²) in [6, 6.07) is 8.96. The molecule has 3 N–H and O–H groups in total. The molecule has 0 aliphatic heterocycles. The molecule has 0 spiro atoms. The van der Waals surface area contributed by atoms with Gasteiger partial charge in [0, 0.05) is 35.1 Å². The molecular weight excluding hydrogens is 356 g/mol. The second-order valence-electron chi connectivity index (χ2n) is 8.03. The molecule has 1 aliphatic carbocycles. The third kappa shape index (κ3) is 3.09. The molecular formula is C21H22N4O3. The van der Waals surface area contributed by atoms with E-state index in [1.54, 1.807) is 12.1 Å². The van der Waals surface area contributed by atoms with Crippen molar-refractivity contribution in [3.8, 4) is 5.69 Å². The van der Waals surface area contributed by atoms with Gasteiger partial charge in [-0.3, -0.25) is 9.59 Å². The molecule has 0 atom stereocenters. The molecule has 0 unspecified atom stereocenters. The van der Waals surface area contributed by atoms with Crippen LogP contribution < -0.4 is 11.1 Å². The lowest BCUT2D eigenvalue weighted by atomic mass is 9.76. The second kappa shape index (κ2) is 6.37. The maximum Gasteiger partial charge on any atom is 0.250 e. The Morgan fingerprint density at radius 2 is 2.04 bits per heavy atom. The van der Waals surface area contributed by atoms with Gasteiger partial charge in [0.1, 0.15) is 6.26 Å². The van der Waals surface area contributed by atoms with Crippen LogP contribution in [0.2, 0.25) is 0 Å². The fraction of sp³-hybridized carbons (Fsp3) is 0.286. The summed E-state index contributed by atoms with van der Waals surface area (Å²) in [7, 11) is 0. The van der Waals surface area contributed by atoms with E-state index in [-0.39, 0.29) is 11.2 Å². The molecule has 0 fully saturated rings. The first kappa shape index (κ1) is 18.0. The molecule has 0 bridgehead atoms. The van der Waals surface area contributed by atoms with E-state index >= 15 is 0 Å². The Bertz CT molecular complexity index is 1080. The summed E-state index contributed by atoms with van der Waals surface area (Å²) in [5, 5.41) is 6.91. The van der Waals surface area contributed by atoms with Gasteiger partial charge < -0.3 is 20.1 Å². The molecule has 3 aromatic rings. The van der Waals surface area contributed by atoms with Crippen molar-refractivity contribution in [3.05, 3.63) is 59.1 Å². The number of carbonyl (C=O) groups excluding carboxylic acids is 2. The number of nitrogens with zero attached hydrogens (tertiary/aromatic N) is 2. The average molecular weight is 378 g/mol. The Morgan fingerprint density at radius 1 is 1.25 bits per heavy atom. The highest BCUT2D eigenvalue weighted by Gasteiger charge is 2.34. The van der Waals surface area contributed by atoms with Crippen LogP contribution in [0.5, 0.6) is 0 Å². The van der Waals surface area contributed by atoms with Crippen LogP contribution in [0.15, 0.2) is 41.1 Å². The number of nitrogens with two attached hydrogens (primary N) is 1. The highest BCUT2D eigenvalue weighted by molar-refractivity contribution is 6.00. The summed E-state index contributed by atoms with van der Waals surface area (Å²) in [5.74, 6) is 0.102. The van der Waals surface area contributed by atoms with Crippen molar-refractivity contribution in [3.63, 3.8) is 0 Å². The highest BCUT2D eigenvalue weighted by Crippen LogP contribution is 2.38. The Morgan fingerprint density at radius 3 is 2.71 bits per heavy atom. The molecule has 7 heteroatoms. The van der Waals surface area contributed by atoms with Crippen LogP contribution in [0.3, 0.4) is 0 Å². The molecule has 0 saturated carbocycles. The zero-order valence-electron chi connectivity index (χ0n) is 16.1. The van der Waals surface area contributed by atoms with Crippen LogP contribution in [0, 0.1) is 12.3 Å². The summed E-state index contributed by atoms with van der Waals surface area (Å²) >= 11 is 0. The fourth-order valence-corrected chi connectivity index (χ4v) is 3.92. The number of hydrogen-bond acceptors (Lipinski definition) is 5. The predicted octanol–water partition coefficient (Wildman–Crippen LogP) is 3.77. The van der Waals surface area contributed by atoms with Crippen molar-refractivity contribution in [2.45, 2.75) is 33.6 Å². The van der Waals surface area contributed by atoms with E-state index < -0.39 is 5.91 Å². The number of ketones is 1. The number of benzene rings is 1. The van der Waals surface area contributed by atoms with Gasteiger partial charge in [0.25, 0.3) is 5.91 Å². The number of rotatable bonds is 4. The summed E-state index contributed by atoms with van der Waals surface area (Å²) in [5.41, 5.74) is 9.91. The van der Waals surface area contributed by atoms with Crippen molar-refractivity contribution in [2.24, 2.45) is 11.1 Å². The number of nitrogens with one attached hydrogen (secondary N) is 1. The molecule has 144 valence electrons. The van der Waals surface area contributed by atoms with E-state index in [1.807, 2.05) is 25.1 Å².